The number of rotatable bonds is 5. The molecule has 1 aromatic carbocycles. The monoisotopic (exact) mass is 250 g/mol. The number of carboxylic acids is 1. The smallest absolute Gasteiger partial charge is 0.309 e. The Hall–Kier alpha value is -2.24. The van der Waals surface area contributed by atoms with Crippen LogP contribution in [-0.2, 0) is 11.2 Å². The molecule has 0 radical (unpaired) electrons. The Morgan fingerprint density at radius 2 is 2.22 bits per heavy atom. The van der Waals surface area contributed by atoms with Crippen LogP contribution in [0.5, 0.6) is 11.5 Å². The lowest BCUT2D eigenvalue weighted by Gasteiger charge is -2.09. The van der Waals surface area contributed by atoms with Gasteiger partial charge >= 0.3 is 5.97 Å². The molecular formula is C12H14N2O4. The second-order valence-electron chi connectivity index (χ2n) is 3.73. The molecule has 0 aliphatic rings. The Kier molecular flexibility index (Phi) is 3.36. The summed E-state index contributed by atoms with van der Waals surface area (Å²) in [5, 5.41) is 16.3. The Labute approximate surface area is 104 Å². The van der Waals surface area contributed by atoms with Crippen molar-refractivity contribution in [1.82, 2.24) is 10.2 Å². The van der Waals surface area contributed by atoms with Gasteiger partial charge in [-0.15, -0.1) is 0 Å². The van der Waals surface area contributed by atoms with E-state index >= 15 is 0 Å². The molecule has 18 heavy (non-hydrogen) atoms. The molecule has 0 fully saturated rings. The molecule has 0 saturated carbocycles. The molecule has 0 bridgehead atoms. The number of hydrogen-bond acceptors (Lipinski definition) is 4. The van der Waals surface area contributed by atoms with Gasteiger partial charge in [0.05, 0.1) is 31.3 Å². The van der Waals surface area contributed by atoms with Crippen LogP contribution in [0.15, 0.2) is 12.1 Å². The van der Waals surface area contributed by atoms with Crippen molar-refractivity contribution in [3.05, 3.63) is 17.8 Å². The second-order valence-corrected chi connectivity index (χ2v) is 3.73. The van der Waals surface area contributed by atoms with Crippen LogP contribution in [0.25, 0.3) is 10.9 Å². The fraction of sp³-hybridized carbons (Fsp3) is 0.333. The standard InChI is InChI=1S/C12H14N2O4/c1-3-18-11-4-7-8(5-10(11)17-2)13-14-9(7)6-12(15)16/h4-5H,3,6H2,1-2H3,(H,13,14)(H,15,16). The van der Waals surface area contributed by atoms with Crippen LogP contribution >= 0.6 is 0 Å². The van der Waals surface area contributed by atoms with E-state index in [4.69, 9.17) is 14.6 Å². The molecule has 2 N–H and O–H groups in total. The maximum Gasteiger partial charge on any atom is 0.309 e. The van der Waals surface area contributed by atoms with E-state index in [1.807, 2.05) is 6.92 Å². The van der Waals surface area contributed by atoms with Gasteiger partial charge in [0.2, 0.25) is 0 Å². The minimum Gasteiger partial charge on any atom is -0.493 e. The van der Waals surface area contributed by atoms with Crippen molar-refractivity contribution in [2.45, 2.75) is 13.3 Å². The first kappa shape index (κ1) is 12.2. The fourth-order valence-corrected chi connectivity index (χ4v) is 1.79. The molecule has 0 amide bonds. The number of methoxy groups -OCH3 is 1. The van der Waals surface area contributed by atoms with Crippen molar-refractivity contribution in [1.29, 1.82) is 0 Å². The largest absolute Gasteiger partial charge is 0.493 e. The first-order valence-corrected chi connectivity index (χ1v) is 5.55. The molecular weight excluding hydrogens is 236 g/mol. The Balaban J connectivity index is 2.52. The van der Waals surface area contributed by atoms with E-state index in [1.54, 1.807) is 19.2 Å². The van der Waals surface area contributed by atoms with Gasteiger partial charge in [0.25, 0.3) is 0 Å². The number of hydrogen-bond donors (Lipinski definition) is 2. The predicted molar refractivity (Wildman–Crippen MR) is 65.2 cm³/mol. The highest BCUT2D eigenvalue weighted by Crippen LogP contribution is 2.32. The van der Waals surface area contributed by atoms with Crippen LogP contribution in [-0.4, -0.2) is 35.0 Å². The topological polar surface area (TPSA) is 84.4 Å². The van der Waals surface area contributed by atoms with E-state index < -0.39 is 5.97 Å². The van der Waals surface area contributed by atoms with Gasteiger partial charge in [-0.3, -0.25) is 9.89 Å². The summed E-state index contributed by atoms with van der Waals surface area (Å²) in [6.07, 6.45) is -0.103. The summed E-state index contributed by atoms with van der Waals surface area (Å²) >= 11 is 0. The van der Waals surface area contributed by atoms with Gasteiger partial charge in [0.1, 0.15) is 0 Å². The highest BCUT2D eigenvalue weighted by molar-refractivity contribution is 5.87. The summed E-state index contributed by atoms with van der Waals surface area (Å²) in [4.78, 5) is 10.7. The fourth-order valence-electron chi connectivity index (χ4n) is 1.79. The third-order valence-corrected chi connectivity index (χ3v) is 2.55. The number of carbonyl (C=O) groups is 1. The minimum absolute atomic E-state index is 0.103. The number of aromatic nitrogens is 2. The van der Waals surface area contributed by atoms with Gasteiger partial charge in [-0.2, -0.15) is 5.10 Å². The lowest BCUT2D eigenvalue weighted by molar-refractivity contribution is -0.136. The number of carboxylic acid groups (broad SMARTS) is 1. The lowest BCUT2D eigenvalue weighted by Crippen LogP contribution is -2.01. The number of H-pyrrole nitrogens is 1. The average molecular weight is 250 g/mol. The molecule has 6 heteroatoms. The zero-order chi connectivity index (χ0) is 13.1. The number of aromatic amines is 1. The van der Waals surface area contributed by atoms with Crippen LogP contribution in [0.4, 0.5) is 0 Å². The Morgan fingerprint density at radius 1 is 1.44 bits per heavy atom. The van der Waals surface area contributed by atoms with Crippen molar-refractivity contribution in [2.24, 2.45) is 0 Å². The van der Waals surface area contributed by atoms with Gasteiger partial charge in [-0.05, 0) is 13.0 Å². The molecule has 0 spiro atoms. The summed E-state index contributed by atoms with van der Waals surface area (Å²) in [6, 6.07) is 3.47. The highest BCUT2D eigenvalue weighted by atomic mass is 16.5. The van der Waals surface area contributed by atoms with Crippen LogP contribution < -0.4 is 9.47 Å². The minimum atomic E-state index is -0.908. The zero-order valence-electron chi connectivity index (χ0n) is 10.2. The van der Waals surface area contributed by atoms with Crippen LogP contribution in [0.1, 0.15) is 12.6 Å². The normalized spacial score (nSPS) is 10.6. The maximum atomic E-state index is 10.7. The molecule has 1 aromatic heterocycles. The molecule has 0 atom stereocenters. The first-order chi connectivity index (χ1) is 8.65. The quantitative estimate of drug-likeness (QED) is 0.841. The van der Waals surface area contributed by atoms with Crippen LogP contribution in [0, 0.1) is 0 Å². The Morgan fingerprint density at radius 3 is 2.83 bits per heavy atom. The number of fused-ring (bicyclic) bond motifs is 1. The number of aliphatic carboxylic acids is 1. The molecule has 0 saturated heterocycles. The van der Waals surface area contributed by atoms with Crippen molar-refractivity contribution in [2.75, 3.05) is 13.7 Å². The summed E-state index contributed by atoms with van der Waals surface area (Å²) in [5.74, 6) is 0.257. The SMILES string of the molecule is CCOc1cc2c(CC(=O)O)[nH]nc2cc1OC. The van der Waals surface area contributed by atoms with Gasteiger partial charge in [0.15, 0.2) is 11.5 Å². The molecule has 0 aliphatic carbocycles. The van der Waals surface area contributed by atoms with E-state index in [9.17, 15) is 4.79 Å². The van der Waals surface area contributed by atoms with Gasteiger partial charge in [-0.1, -0.05) is 0 Å². The first-order valence-electron chi connectivity index (χ1n) is 5.55. The highest BCUT2D eigenvalue weighted by Gasteiger charge is 2.13. The molecule has 1 heterocycles. The van der Waals surface area contributed by atoms with Crippen molar-refractivity contribution >= 4 is 16.9 Å². The summed E-state index contributed by atoms with van der Waals surface area (Å²) in [5.41, 5.74) is 1.22. The number of ether oxygens (including phenoxy) is 2. The van der Waals surface area contributed by atoms with Crippen molar-refractivity contribution in [3.63, 3.8) is 0 Å². The summed E-state index contributed by atoms with van der Waals surface area (Å²) in [6.45, 7) is 2.38. The van der Waals surface area contributed by atoms with E-state index in [0.29, 0.717) is 29.3 Å². The lowest BCUT2D eigenvalue weighted by atomic mass is 10.1. The average Bonchev–Trinajstić information content (AvgIpc) is 2.70. The zero-order valence-corrected chi connectivity index (χ0v) is 10.2. The third-order valence-electron chi connectivity index (χ3n) is 2.55. The van der Waals surface area contributed by atoms with E-state index in [1.165, 1.54) is 0 Å². The third kappa shape index (κ3) is 2.22. The Bertz CT molecular complexity index is 577. The van der Waals surface area contributed by atoms with Crippen LogP contribution in [0.3, 0.4) is 0 Å². The number of nitrogens with one attached hydrogen (secondary N) is 1. The molecule has 6 nitrogen and oxygen atoms in total. The van der Waals surface area contributed by atoms with E-state index in [-0.39, 0.29) is 6.42 Å². The molecule has 2 rings (SSSR count). The second kappa shape index (κ2) is 4.95. The summed E-state index contributed by atoms with van der Waals surface area (Å²) in [7, 11) is 1.55. The predicted octanol–water partition coefficient (Wildman–Crippen LogP) is 1.60. The number of benzene rings is 1. The summed E-state index contributed by atoms with van der Waals surface area (Å²) < 4.78 is 10.7. The number of nitrogens with zero attached hydrogens (tertiary/aromatic N) is 1. The van der Waals surface area contributed by atoms with Gasteiger partial charge < -0.3 is 14.6 Å². The van der Waals surface area contributed by atoms with E-state index in [0.717, 1.165) is 5.39 Å². The molecule has 0 unspecified atom stereocenters. The maximum absolute atomic E-state index is 10.7. The van der Waals surface area contributed by atoms with Crippen molar-refractivity contribution in [3.8, 4) is 11.5 Å². The molecule has 2 aromatic rings. The molecule has 0 aliphatic heterocycles. The van der Waals surface area contributed by atoms with Gasteiger partial charge in [0, 0.05) is 11.5 Å². The van der Waals surface area contributed by atoms with Crippen molar-refractivity contribution < 1.29 is 19.4 Å². The van der Waals surface area contributed by atoms with Gasteiger partial charge in [-0.25, -0.2) is 0 Å². The van der Waals surface area contributed by atoms with Crippen LogP contribution in [0.2, 0.25) is 0 Å². The molecule has 96 valence electrons. The van der Waals surface area contributed by atoms with E-state index in [2.05, 4.69) is 10.2 Å².